The van der Waals surface area contributed by atoms with Crippen LogP contribution in [0.1, 0.15) is 47.4 Å². The van der Waals surface area contributed by atoms with Gasteiger partial charge in [0.15, 0.2) is 0 Å². The van der Waals surface area contributed by atoms with Crippen molar-refractivity contribution in [1.29, 1.82) is 0 Å². The van der Waals surface area contributed by atoms with Crippen LogP contribution >= 0.6 is 0 Å². The van der Waals surface area contributed by atoms with Crippen LogP contribution in [-0.2, 0) is 5.41 Å². The second-order valence-corrected chi connectivity index (χ2v) is 11.7. The van der Waals surface area contributed by atoms with Gasteiger partial charge in [-0.3, -0.25) is 0 Å². The van der Waals surface area contributed by atoms with Gasteiger partial charge < -0.3 is 4.90 Å². The van der Waals surface area contributed by atoms with Crippen LogP contribution in [0.3, 0.4) is 0 Å². The van der Waals surface area contributed by atoms with Crippen LogP contribution in [0.5, 0.6) is 0 Å². The van der Waals surface area contributed by atoms with Crippen LogP contribution in [0.4, 0.5) is 0 Å². The first-order valence-corrected chi connectivity index (χ1v) is 14.2. The van der Waals surface area contributed by atoms with Gasteiger partial charge in [0.25, 0.3) is 0 Å². The molecule has 0 amide bonds. The van der Waals surface area contributed by atoms with Crippen molar-refractivity contribution < 1.29 is 0 Å². The number of rotatable bonds is 1. The maximum Gasteiger partial charge on any atom is 0.0541 e. The molecular formula is C37H29N. The van der Waals surface area contributed by atoms with Crippen LogP contribution in [0.15, 0.2) is 126 Å². The standard InChI is InChI=1S/C37H29N/c1-2-12-26-24(10-1)11-9-19-35(26)38-21-20-25-22-34-30(23-36(25)38)29-15-5-8-18-33(29)37(34)31-16-6-3-13-27(31)28-14-4-7-17-32(28)37/h1-3,6-13,16-19,22-24,26,30,34H,4,14,20-21H2/t24?,26?,30?,34?,37-/m1/s1. The van der Waals surface area contributed by atoms with Gasteiger partial charge in [-0.15, -0.1) is 0 Å². The topological polar surface area (TPSA) is 3.24 Å². The zero-order chi connectivity index (χ0) is 24.8. The van der Waals surface area contributed by atoms with Crippen LogP contribution in [0.25, 0.3) is 5.57 Å². The summed E-state index contributed by atoms with van der Waals surface area (Å²) in [6, 6.07) is 20.6. The lowest BCUT2D eigenvalue weighted by Gasteiger charge is -2.39. The molecule has 9 rings (SSSR count). The molecule has 1 fully saturated rings. The highest BCUT2D eigenvalue weighted by Crippen LogP contribution is 2.66. The molecule has 1 heterocycles. The highest BCUT2D eigenvalue weighted by Gasteiger charge is 2.59. The van der Waals surface area contributed by atoms with Crippen LogP contribution in [-0.4, -0.2) is 11.4 Å². The minimum absolute atomic E-state index is 0.133. The summed E-state index contributed by atoms with van der Waals surface area (Å²) in [4.78, 5) is 2.62. The summed E-state index contributed by atoms with van der Waals surface area (Å²) in [6.45, 7) is 1.06. The minimum Gasteiger partial charge on any atom is -0.344 e. The van der Waals surface area contributed by atoms with Crippen LogP contribution in [0, 0.1) is 29.9 Å². The van der Waals surface area contributed by atoms with E-state index >= 15 is 0 Å². The Morgan fingerprint density at radius 2 is 1.82 bits per heavy atom. The quantitative estimate of drug-likeness (QED) is 0.398. The zero-order valence-electron chi connectivity index (χ0n) is 21.4. The fraction of sp³-hybridized carbons (Fsp3) is 0.243. The van der Waals surface area contributed by atoms with Gasteiger partial charge >= 0.3 is 0 Å². The Hall–Kier alpha value is -4.02. The summed E-state index contributed by atoms with van der Waals surface area (Å²) in [5, 5.41) is 0. The molecule has 7 aliphatic rings. The van der Waals surface area contributed by atoms with E-state index in [-0.39, 0.29) is 5.41 Å². The van der Waals surface area contributed by atoms with E-state index in [2.05, 4.69) is 120 Å². The van der Waals surface area contributed by atoms with Crippen molar-refractivity contribution in [3.8, 4) is 0 Å². The molecule has 1 nitrogen and oxygen atoms in total. The summed E-state index contributed by atoms with van der Waals surface area (Å²) in [6.07, 6.45) is 29.6. The van der Waals surface area contributed by atoms with Crippen molar-refractivity contribution in [3.63, 3.8) is 0 Å². The lowest BCUT2D eigenvalue weighted by molar-refractivity contribution is 0.399. The van der Waals surface area contributed by atoms with E-state index in [1.807, 2.05) is 0 Å². The molecule has 6 aliphatic carbocycles. The number of benzene rings is 1. The lowest BCUT2D eigenvalue weighted by atomic mass is 9.63. The average Bonchev–Trinajstić information content (AvgIpc) is 3.62. The van der Waals surface area contributed by atoms with E-state index in [0.29, 0.717) is 23.7 Å². The number of hydrogen-bond donors (Lipinski definition) is 0. The van der Waals surface area contributed by atoms with Gasteiger partial charge in [0, 0.05) is 47.2 Å². The highest BCUT2D eigenvalue weighted by molar-refractivity contribution is 5.87. The van der Waals surface area contributed by atoms with Gasteiger partial charge in [-0.25, -0.2) is 0 Å². The first kappa shape index (κ1) is 21.0. The monoisotopic (exact) mass is 487 g/mol. The Morgan fingerprint density at radius 1 is 0.895 bits per heavy atom. The van der Waals surface area contributed by atoms with Gasteiger partial charge in [-0.05, 0) is 70.9 Å². The Balaban J connectivity index is 1.23. The number of nitrogens with zero attached hydrogens (tertiary/aromatic N) is 1. The number of allylic oxidation sites excluding steroid dienone is 14. The van der Waals surface area contributed by atoms with Crippen LogP contribution < -0.4 is 0 Å². The Labute approximate surface area is 225 Å². The molecule has 1 spiro atoms. The first-order chi connectivity index (χ1) is 18.9. The lowest BCUT2D eigenvalue weighted by Crippen LogP contribution is -2.35. The van der Waals surface area contributed by atoms with Crippen molar-refractivity contribution in [2.24, 2.45) is 17.8 Å². The molecule has 5 atom stereocenters. The third-order valence-electron chi connectivity index (χ3n) is 10.1. The molecule has 2 aromatic carbocycles. The van der Waals surface area contributed by atoms with Gasteiger partial charge in [0.2, 0.25) is 0 Å². The molecule has 0 aromatic heterocycles. The maximum absolute atomic E-state index is 3.63. The molecule has 2 aromatic rings. The molecule has 0 radical (unpaired) electrons. The number of hydrogen-bond acceptors (Lipinski definition) is 1. The Morgan fingerprint density at radius 3 is 2.82 bits per heavy atom. The van der Waals surface area contributed by atoms with Gasteiger partial charge in [-0.1, -0.05) is 97.2 Å². The first-order valence-electron chi connectivity index (χ1n) is 14.2. The minimum atomic E-state index is -0.133. The third-order valence-corrected chi connectivity index (χ3v) is 10.1. The molecule has 0 saturated carbocycles. The fourth-order valence-electron chi connectivity index (χ4n) is 8.69. The van der Waals surface area contributed by atoms with Gasteiger partial charge in [0.05, 0.1) is 5.41 Å². The second-order valence-electron chi connectivity index (χ2n) is 11.7. The third kappa shape index (κ3) is 2.49. The Kier molecular flexibility index (Phi) is 4.15. The summed E-state index contributed by atoms with van der Waals surface area (Å²) < 4.78 is 0. The van der Waals surface area contributed by atoms with Crippen molar-refractivity contribution in [2.75, 3.05) is 6.54 Å². The summed E-state index contributed by atoms with van der Waals surface area (Å²) in [7, 11) is 0. The van der Waals surface area contributed by atoms with E-state index < -0.39 is 0 Å². The molecule has 1 heteroatoms. The van der Waals surface area contributed by atoms with Gasteiger partial charge in [0.1, 0.15) is 0 Å². The number of fused-ring (bicyclic) bond motifs is 11. The molecule has 0 N–H and O–H groups in total. The van der Waals surface area contributed by atoms with Crippen molar-refractivity contribution in [3.05, 3.63) is 160 Å². The van der Waals surface area contributed by atoms with Crippen molar-refractivity contribution in [1.82, 2.24) is 4.90 Å². The zero-order valence-corrected chi connectivity index (χ0v) is 21.4. The molecular weight excluding hydrogens is 458 g/mol. The normalized spacial score (nSPS) is 32.6. The van der Waals surface area contributed by atoms with Crippen molar-refractivity contribution in [2.45, 2.75) is 30.6 Å². The summed E-state index contributed by atoms with van der Waals surface area (Å²) in [5.74, 6) is 1.55. The number of likely N-dealkylation sites (tertiary alicyclic amines) is 1. The van der Waals surface area contributed by atoms with E-state index in [0.717, 1.165) is 25.8 Å². The predicted molar refractivity (Wildman–Crippen MR) is 153 cm³/mol. The molecule has 0 bridgehead atoms. The summed E-state index contributed by atoms with van der Waals surface area (Å²) in [5.41, 5.74) is 13.1. The van der Waals surface area contributed by atoms with Crippen LogP contribution in [0.2, 0.25) is 0 Å². The fourth-order valence-corrected chi connectivity index (χ4v) is 8.69. The van der Waals surface area contributed by atoms with E-state index in [1.165, 1.54) is 44.8 Å². The molecule has 182 valence electrons. The maximum atomic E-state index is 3.63. The van der Waals surface area contributed by atoms with E-state index in [9.17, 15) is 0 Å². The predicted octanol–water partition coefficient (Wildman–Crippen LogP) is 7.75. The molecule has 1 aliphatic heterocycles. The van der Waals surface area contributed by atoms with E-state index in [1.54, 1.807) is 5.57 Å². The molecule has 1 saturated heterocycles. The second kappa shape index (κ2) is 7.52. The largest absolute Gasteiger partial charge is 0.344 e. The van der Waals surface area contributed by atoms with Crippen molar-refractivity contribution >= 4 is 5.57 Å². The smallest absolute Gasteiger partial charge is 0.0541 e. The average molecular weight is 488 g/mol. The molecule has 38 heavy (non-hydrogen) atoms. The Bertz CT molecular complexity index is 1650. The highest BCUT2D eigenvalue weighted by atomic mass is 15.2. The summed E-state index contributed by atoms with van der Waals surface area (Å²) >= 11 is 0. The SMILES string of the molecule is c1ccc2c(c#1)C1C=C3C(=CC1[C@]21C2=C(CCC=C2)c2ccccc21)CCN3C1=CC=CC2C=CC=CC12. The molecule has 4 unspecified atom stereocenters. The van der Waals surface area contributed by atoms with E-state index in [4.69, 9.17) is 0 Å². The van der Waals surface area contributed by atoms with Gasteiger partial charge in [-0.2, -0.15) is 0 Å².